The van der Waals surface area contributed by atoms with Gasteiger partial charge in [0.05, 0.1) is 12.2 Å². The van der Waals surface area contributed by atoms with Gasteiger partial charge in [-0.3, -0.25) is 14.3 Å². The molecule has 6 heteroatoms. The summed E-state index contributed by atoms with van der Waals surface area (Å²) in [7, 11) is 0. The van der Waals surface area contributed by atoms with Crippen LogP contribution in [0.25, 0.3) is 5.69 Å². The molecule has 0 radical (unpaired) electrons. The van der Waals surface area contributed by atoms with E-state index >= 15 is 0 Å². The van der Waals surface area contributed by atoms with Crippen molar-refractivity contribution < 1.29 is 10.4 Å². The van der Waals surface area contributed by atoms with Crippen LogP contribution in [0.5, 0.6) is 5.88 Å². The van der Waals surface area contributed by atoms with Crippen LogP contribution in [0, 0.1) is 11.7 Å². The maximum atomic E-state index is 12.7. The lowest BCUT2D eigenvalue weighted by Crippen LogP contribution is -2.87. The lowest BCUT2D eigenvalue weighted by Gasteiger charge is -2.24. The molecule has 5 nitrogen and oxygen atoms in total. The van der Waals surface area contributed by atoms with Crippen LogP contribution >= 0.6 is 12.2 Å². The number of nitrogens with two attached hydrogens (primary N) is 1. The fourth-order valence-corrected chi connectivity index (χ4v) is 3.98. The fourth-order valence-electron chi connectivity index (χ4n) is 3.70. The van der Waals surface area contributed by atoms with Crippen LogP contribution in [0.3, 0.4) is 0 Å². The van der Waals surface area contributed by atoms with Crippen LogP contribution in [-0.4, -0.2) is 21.2 Å². The minimum Gasteiger partial charge on any atom is -0.494 e. The van der Waals surface area contributed by atoms with Crippen LogP contribution in [-0.2, 0) is 6.42 Å². The normalized spacial score (nSPS) is 16.3. The number of hydrogen-bond acceptors (Lipinski definition) is 3. The van der Waals surface area contributed by atoms with Gasteiger partial charge in [-0.2, -0.15) is 0 Å². The summed E-state index contributed by atoms with van der Waals surface area (Å²) in [4.78, 5) is 15.4. The Morgan fingerprint density at radius 2 is 2.04 bits per heavy atom. The number of H-pyrrole nitrogens is 1. The molecular weight excluding hydrogens is 346 g/mol. The molecule has 0 unspecified atom stereocenters. The van der Waals surface area contributed by atoms with Crippen molar-refractivity contribution in [3.05, 3.63) is 85.9 Å². The smallest absolute Gasteiger partial charge is 0.265 e. The molecule has 1 aromatic heterocycles. The summed E-state index contributed by atoms with van der Waals surface area (Å²) >= 11 is 5.33. The molecule has 26 heavy (non-hydrogen) atoms. The van der Waals surface area contributed by atoms with Crippen molar-refractivity contribution in [3.8, 4) is 11.6 Å². The minimum absolute atomic E-state index is 0.0951. The molecule has 2 heterocycles. The van der Waals surface area contributed by atoms with Gasteiger partial charge in [-0.1, -0.05) is 36.4 Å². The van der Waals surface area contributed by atoms with Crippen LogP contribution < -0.4 is 10.9 Å². The van der Waals surface area contributed by atoms with E-state index in [9.17, 15) is 9.90 Å². The summed E-state index contributed by atoms with van der Waals surface area (Å²) in [6, 6.07) is 15.5. The van der Waals surface area contributed by atoms with Gasteiger partial charge in [0.1, 0.15) is 11.6 Å². The van der Waals surface area contributed by atoms with E-state index in [1.165, 1.54) is 10.1 Å². The van der Waals surface area contributed by atoms with Gasteiger partial charge < -0.3 is 10.4 Å². The van der Waals surface area contributed by atoms with Crippen molar-refractivity contribution in [2.24, 2.45) is 0 Å². The predicted octanol–water partition coefficient (Wildman–Crippen LogP) is 2.12. The molecule has 4 rings (SSSR count). The summed E-state index contributed by atoms with van der Waals surface area (Å²) in [5, 5.41) is 13.1. The summed E-state index contributed by atoms with van der Waals surface area (Å²) in [5.74, 6) is -0.0951. The van der Waals surface area contributed by atoms with Crippen LogP contribution in [0.15, 0.2) is 53.3 Å². The van der Waals surface area contributed by atoms with E-state index in [4.69, 9.17) is 12.2 Å². The first-order valence-corrected chi connectivity index (χ1v) is 9.03. The summed E-state index contributed by atoms with van der Waals surface area (Å²) in [6.45, 7) is 2.84. The monoisotopic (exact) mass is 366 g/mol. The predicted molar refractivity (Wildman–Crippen MR) is 102 cm³/mol. The molecule has 1 atom stereocenters. The van der Waals surface area contributed by atoms with Gasteiger partial charge in [-0.15, -0.1) is 0 Å². The molecule has 3 aromatic rings. The fraction of sp³-hybridized carbons (Fsp3) is 0.200. The molecule has 0 fully saturated rings. The van der Waals surface area contributed by atoms with Gasteiger partial charge in [0.25, 0.3) is 5.56 Å². The highest BCUT2D eigenvalue weighted by Crippen LogP contribution is 2.29. The van der Waals surface area contributed by atoms with Crippen LogP contribution in [0.1, 0.15) is 28.3 Å². The Morgan fingerprint density at radius 1 is 1.23 bits per heavy atom. The summed E-state index contributed by atoms with van der Waals surface area (Å²) < 4.78 is 1.72. The SMILES string of the molecule is Cc1cccc(-n2c(O)c([C@H]3[NH2+]CCc4ccccc43)c(=O)[nH]c2=S)c1. The number of rotatable bonds is 2. The Morgan fingerprint density at radius 3 is 2.85 bits per heavy atom. The van der Waals surface area contributed by atoms with E-state index in [0.29, 0.717) is 5.56 Å². The largest absolute Gasteiger partial charge is 0.494 e. The second kappa shape index (κ2) is 6.55. The quantitative estimate of drug-likeness (QED) is 0.608. The molecule has 0 spiro atoms. The first-order valence-electron chi connectivity index (χ1n) is 8.62. The van der Waals surface area contributed by atoms with Gasteiger partial charge in [0.15, 0.2) is 4.77 Å². The van der Waals surface area contributed by atoms with Crippen molar-refractivity contribution in [2.75, 3.05) is 6.54 Å². The molecule has 2 aromatic carbocycles. The number of aromatic nitrogens is 2. The van der Waals surface area contributed by atoms with E-state index in [-0.39, 0.29) is 22.3 Å². The maximum Gasteiger partial charge on any atom is 0.265 e. The molecule has 0 saturated carbocycles. The van der Waals surface area contributed by atoms with Crippen molar-refractivity contribution in [2.45, 2.75) is 19.4 Å². The zero-order chi connectivity index (χ0) is 18.3. The van der Waals surface area contributed by atoms with Crippen molar-refractivity contribution in [3.63, 3.8) is 0 Å². The number of quaternary nitrogens is 1. The third-order valence-corrected chi connectivity index (χ3v) is 5.18. The minimum atomic E-state index is -0.339. The number of nitrogens with one attached hydrogen (secondary N) is 1. The first kappa shape index (κ1) is 16.8. The van der Waals surface area contributed by atoms with E-state index in [1.54, 1.807) is 0 Å². The van der Waals surface area contributed by atoms with Crippen LogP contribution in [0.4, 0.5) is 0 Å². The molecule has 1 aliphatic rings. The number of nitrogens with zero attached hydrogens (tertiary/aromatic N) is 1. The third kappa shape index (κ3) is 2.77. The highest BCUT2D eigenvalue weighted by molar-refractivity contribution is 7.71. The van der Waals surface area contributed by atoms with Crippen molar-refractivity contribution in [1.29, 1.82) is 0 Å². The van der Waals surface area contributed by atoms with Crippen molar-refractivity contribution >= 4 is 12.2 Å². The second-order valence-corrected chi connectivity index (χ2v) is 7.01. The Bertz CT molecular complexity index is 1100. The number of hydrogen-bond donors (Lipinski definition) is 3. The molecule has 4 N–H and O–H groups in total. The van der Waals surface area contributed by atoms with E-state index < -0.39 is 0 Å². The van der Waals surface area contributed by atoms with Gasteiger partial charge in [-0.05, 0) is 42.4 Å². The topological polar surface area (TPSA) is 74.6 Å². The lowest BCUT2D eigenvalue weighted by molar-refractivity contribution is -0.690. The Hall–Kier alpha value is -2.70. The van der Waals surface area contributed by atoms with Gasteiger partial charge in [0, 0.05) is 12.0 Å². The molecule has 132 valence electrons. The van der Waals surface area contributed by atoms with Gasteiger partial charge >= 0.3 is 0 Å². The average Bonchev–Trinajstić information content (AvgIpc) is 2.61. The summed E-state index contributed by atoms with van der Waals surface area (Å²) in [5.41, 5.74) is 4.05. The number of benzene rings is 2. The third-order valence-electron chi connectivity index (χ3n) is 4.90. The number of aryl methyl sites for hydroxylation is 1. The molecule has 0 amide bonds. The number of aromatic amines is 1. The van der Waals surface area contributed by atoms with Gasteiger partial charge in [-0.25, -0.2) is 0 Å². The van der Waals surface area contributed by atoms with E-state index in [1.807, 2.05) is 49.4 Å². The molecule has 0 aliphatic carbocycles. The Kier molecular flexibility index (Phi) is 4.22. The number of aromatic hydroxyl groups is 1. The molecule has 0 bridgehead atoms. The number of fused-ring (bicyclic) bond motifs is 1. The molecular formula is C20H20N3O2S+. The molecule has 1 aliphatic heterocycles. The second-order valence-electron chi connectivity index (χ2n) is 6.62. The average molecular weight is 366 g/mol. The van der Waals surface area contributed by atoms with E-state index in [2.05, 4.69) is 16.4 Å². The first-order chi connectivity index (χ1) is 12.6. The standard InChI is InChI=1S/C20H19N3O2S/c1-12-5-4-7-14(11-12)23-19(25)16(18(24)22-20(23)26)17-15-8-3-2-6-13(15)9-10-21-17/h2-8,11,17,21,25H,9-10H2,1H3,(H,22,24,26)/p+1/t17-/m0/s1. The zero-order valence-corrected chi connectivity index (χ0v) is 15.2. The Balaban J connectivity index is 1.96. The highest BCUT2D eigenvalue weighted by atomic mass is 32.1. The molecule has 0 saturated heterocycles. The zero-order valence-electron chi connectivity index (χ0n) is 14.4. The van der Waals surface area contributed by atoms with Crippen LogP contribution in [0.2, 0.25) is 0 Å². The lowest BCUT2D eigenvalue weighted by atomic mass is 9.90. The maximum absolute atomic E-state index is 12.7. The van der Waals surface area contributed by atoms with Crippen molar-refractivity contribution in [1.82, 2.24) is 9.55 Å². The Labute approximate surface area is 156 Å². The van der Waals surface area contributed by atoms with E-state index in [0.717, 1.165) is 29.8 Å². The van der Waals surface area contributed by atoms with Gasteiger partial charge in [0.2, 0.25) is 5.88 Å². The highest BCUT2D eigenvalue weighted by Gasteiger charge is 2.31. The summed E-state index contributed by atoms with van der Waals surface area (Å²) in [6.07, 6.45) is 0.947.